The van der Waals surface area contributed by atoms with Crippen molar-refractivity contribution in [2.24, 2.45) is 0 Å². The van der Waals surface area contributed by atoms with Crippen LogP contribution in [0.1, 0.15) is 51.1 Å². The van der Waals surface area contributed by atoms with E-state index >= 15 is 0 Å². The van der Waals surface area contributed by atoms with Crippen LogP contribution in [-0.4, -0.2) is 30.8 Å². The first kappa shape index (κ1) is 16.2. The number of rotatable bonds is 6. The minimum Gasteiger partial charge on any atom is -0.393 e. The maximum Gasteiger partial charge on any atom is 0.123 e. The van der Waals surface area contributed by atoms with E-state index in [2.05, 4.69) is 24.1 Å². The van der Waals surface area contributed by atoms with Gasteiger partial charge in [-0.05, 0) is 56.5 Å². The molecule has 2 N–H and O–H groups in total. The van der Waals surface area contributed by atoms with Crippen molar-refractivity contribution >= 4 is 5.69 Å². The van der Waals surface area contributed by atoms with E-state index in [-0.39, 0.29) is 18.0 Å². The van der Waals surface area contributed by atoms with Gasteiger partial charge in [0, 0.05) is 24.8 Å². The Hall–Kier alpha value is -1.13. The molecule has 1 aliphatic rings. The molecular weight excluding hydrogens is 267 g/mol. The van der Waals surface area contributed by atoms with Gasteiger partial charge in [-0.2, -0.15) is 0 Å². The Labute approximate surface area is 127 Å². The zero-order valence-corrected chi connectivity index (χ0v) is 13.1. The molecule has 4 heteroatoms. The molecule has 0 aromatic heterocycles. The number of halogens is 1. The molecule has 21 heavy (non-hydrogen) atoms. The molecule has 1 aromatic carbocycles. The molecule has 1 heterocycles. The van der Waals surface area contributed by atoms with Gasteiger partial charge in [0.1, 0.15) is 5.82 Å². The maximum atomic E-state index is 13.6. The van der Waals surface area contributed by atoms with E-state index in [0.717, 1.165) is 56.6 Å². The molecule has 118 valence electrons. The molecule has 2 rings (SSSR count). The lowest BCUT2D eigenvalue weighted by Crippen LogP contribution is -2.37. The van der Waals surface area contributed by atoms with Gasteiger partial charge < -0.3 is 15.3 Å². The number of aliphatic hydroxyl groups excluding tert-OH is 1. The van der Waals surface area contributed by atoms with Crippen LogP contribution in [0.5, 0.6) is 0 Å². The largest absolute Gasteiger partial charge is 0.393 e. The molecule has 0 saturated carbocycles. The van der Waals surface area contributed by atoms with Crippen LogP contribution in [0.3, 0.4) is 0 Å². The summed E-state index contributed by atoms with van der Waals surface area (Å²) in [7, 11) is 0. The van der Waals surface area contributed by atoms with Crippen molar-refractivity contribution in [3.05, 3.63) is 29.6 Å². The van der Waals surface area contributed by atoms with Crippen molar-refractivity contribution in [2.75, 3.05) is 24.5 Å². The van der Waals surface area contributed by atoms with E-state index < -0.39 is 0 Å². The van der Waals surface area contributed by atoms with Crippen LogP contribution in [0.4, 0.5) is 10.1 Å². The van der Waals surface area contributed by atoms with E-state index in [1.54, 1.807) is 6.07 Å². The highest BCUT2D eigenvalue weighted by Crippen LogP contribution is 2.29. The number of nitrogens with zero attached hydrogens (tertiary/aromatic N) is 1. The molecule has 0 bridgehead atoms. The summed E-state index contributed by atoms with van der Waals surface area (Å²) in [6.07, 6.45) is 3.67. The van der Waals surface area contributed by atoms with Gasteiger partial charge in [0.25, 0.3) is 0 Å². The quantitative estimate of drug-likeness (QED) is 0.791. The van der Waals surface area contributed by atoms with Crippen LogP contribution in [0, 0.1) is 5.82 Å². The highest BCUT2D eigenvalue weighted by Gasteiger charge is 2.21. The normalized spacial score (nSPS) is 18.0. The van der Waals surface area contributed by atoms with Gasteiger partial charge in [-0.25, -0.2) is 4.39 Å². The van der Waals surface area contributed by atoms with E-state index in [4.69, 9.17) is 0 Å². The van der Waals surface area contributed by atoms with Crippen LogP contribution < -0.4 is 10.2 Å². The van der Waals surface area contributed by atoms with Gasteiger partial charge in [-0.15, -0.1) is 0 Å². The zero-order valence-electron chi connectivity index (χ0n) is 13.1. The van der Waals surface area contributed by atoms with Crippen LogP contribution in [0.2, 0.25) is 0 Å². The lowest BCUT2D eigenvalue weighted by molar-refractivity contribution is 0.145. The van der Waals surface area contributed by atoms with Crippen molar-refractivity contribution in [1.82, 2.24) is 5.32 Å². The van der Waals surface area contributed by atoms with Crippen LogP contribution >= 0.6 is 0 Å². The van der Waals surface area contributed by atoms with E-state index in [1.807, 2.05) is 6.07 Å². The summed E-state index contributed by atoms with van der Waals surface area (Å²) in [5, 5.41) is 13.1. The number of nitrogens with one attached hydrogen (secondary N) is 1. The molecule has 0 aliphatic carbocycles. The fourth-order valence-corrected chi connectivity index (χ4v) is 2.87. The fourth-order valence-electron chi connectivity index (χ4n) is 2.87. The summed E-state index contributed by atoms with van der Waals surface area (Å²) < 4.78 is 13.6. The standard InChI is InChI=1S/C17H27FN2O/c1-3-4-9-19-13(2)16-12-14(18)5-6-17(16)20-10-7-15(21)8-11-20/h5-6,12-13,15,19,21H,3-4,7-11H2,1-2H3. The topological polar surface area (TPSA) is 35.5 Å². The first-order valence-corrected chi connectivity index (χ1v) is 8.07. The van der Waals surface area contributed by atoms with Crippen LogP contribution in [0.15, 0.2) is 18.2 Å². The molecule has 0 radical (unpaired) electrons. The number of benzene rings is 1. The molecule has 0 spiro atoms. The van der Waals surface area contributed by atoms with Crippen molar-refractivity contribution in [2.45, 2.75) is 51.7 Å². The third kappa shape index (κ3) is 4.42. The summed E-state index contributed by atoms with van der Waals surface area (Å²) >= 11 is 0. The molecule has 1 aliphatic heterocycles. The van der Waals surface area contributed by atoms with Gasteiger partial charge in [-0.3, -0.25) is 0 Å². The minimum atomic E-state index is -0.190. The summed E-state index contributed by atoms with van der Waals surface area (Å²) in [4.78, 5) is 2.26. The smallest absolute Gasteiger partial charge is 0.123 e. The molecule has 1 fully saturated rings. The molecule has 1 atom stereocenters. The summed E-state index contributed by atoms with van der Waals surface area (Å²) in [5.74, 6) is -0.185. The third-order valence-electron chi connectivity index (χ3n) is 4.24. The molecule has 1 aromatic rings. The number of unbranched alkanes of at least 4 members (excludes halogenated alkanes) is 1. The minimum absolute atomic E-state index is 0.133. The summed E-state index contributed by atoms with van der Waals surface area (Å²) in [6, 6.07) is 5.18. The lowest BCUT2D eigenvalue weighted by atomic mass is 10.0. The highest BCUT2D eigenvalue weighted by atomic mass is 19.1. The van der Waals surface area contributed by atoms with Crippen molar-refractivity contribution in [1.29, 1.82) is 0 Å². The van der Waals surface area contributed by atoms with Crippen molar-refractivity contribution < 1.29 is 9.50 Å². The van der Waals surface area contributed by atoms with Crippen LogP contribution in [0.25, 0.3) is 0 Å². The van der Waals surface area contributed by atoms with E-state index in [9.17, 15) is 9.50 Å². The summed E-state index contributed by atoms with van der Waals surface area (Å²) in [5.41, 5.74) is 2.11. The second-order valence-electron chi connectivity index (χ2n) is 5.95. The highest BCUT2D eigenvalue weighted by molar-refractivity contribution is 5.55. The van der Waals surface area contributed by atoms with Gasteiger partial charge >= 0.3 is 0 Å². The average Bonchev–Trinajstić information content (AvgIpc) is 2.48. The number of hydrogen-bond acceptors (Lipinski definition) is 3. The number of piperidine rings is 1. The Morgan fingerprint density at radius 1 is 1.38 bits per heavy atom. The van der Waals surface area contributed by atoms with Gasteiger partial charge in [0.05, 0.1) is 6.10 Å². The van der Waals surface area contributed by atoms with E-state index in [1.165, 1.54) is 6.07 Å². The Bertz CT molecular complexity index is 444. The van der Waals surface area contributed by atoms with Crippen molar-refractivity contribution in [3.8, 4) is 0 Å². The predicted octanol–water partition coefficient (Wildman–Crippen LogP) is 3.24. The van der Waals surface area contributed by atoms with Gasteiger partial charge in [0.2, 0.25) is 0 Å². The monoisotopic (exact) mass is 294 g/mol. The lowest BCUT2D eigenvalue weighted by Gasteiger charge is -2.34. The number of anilines is 1. The Kier molecular flexibility index (Phi) is 6.00. The number of aliphatic hydroxyl groups is 1. The second-order valence-corrected chi connectivity index (χ2v) is 5.95. The Morgan fingerprint density at radius 2 is 2.10 bits per heavy atom. The Balaban J connectivity index is 2.13. The maximum absolute atomic E-state index is 13.6. The van der Waals surface area contributed by atoms with Crippen molar-refractivity contribution in [3.63, 3.8) is 0 Å². The molecule has 1 unspecified atom stereocenters. The first-order valence-electron chi connectivity index (χ1n) is 8.07. The number of hydrogen-bond donors (Lipinski definition) is 2. The predicted molar refractivity (Wildman–Crippen MR) is 85.2 cm³/mol. The van der Waals surface area contributed by atoms with Crippen LogP contribution in [-0.2, 0) is 0 Å². The molecular formula is C17H27FN2O. The Morgan fingerprint density at radius 3 is 2.76 bits per heavy atom. The van der Waals surface area contributed by atoms with E-state index in [0.29, 0.717) is 0 Å². The third-order valence-corrected chi connectivity index (χ3v) is 4.24. The van der Waals surface area contributed by atoms with Gasteiger partial charge in [0.15, 0.2) is 0 Å². The summed E-state index contributed by atoms with van der Waals surface area (Å²) in [6.45, 7) is 6.88. The molecule has 0 amide bonds. The molecule has 3 nitrogen and oxygen atoms in total. The SMILES string of the molecule is CCCCNC(C)c1cc(F)ccc1N1CCC(O)CC1. The zero-order chi connectivity index (χ0) is 15.2. The second kappa shape index (κ2) is 7.76. The van der Waals surface area contributed by atoms with Gasteiger partial charge in [-0.1, -0.05) is 13.3 Å². The molecule has 1 saturated heterocycles. The fraction of sp³-hybridized carbons (Fsp3) is 0.647. The first-order chi connectivity index (χ1) is 10.1. The average molecular weight is 294 g/mol.